The third-order valence-electron chi connectivity index (χ3n) is 6.67. The second-order valence-corrected chi connectivity index (χ2v) is 11.0. The molecule has 1 amide bonds. The van der Waals surface area contributed by atoms with Crippen molar-refractivity contribution in [3.05, 3.63) is 24.0 Å². The summed E-state index contributed by atoms with van der Waals surface area (Å²) in [7, 11) is 0. The van der Waals surface area contributed by atoms with Crippen LogP contribution >= 0.6 is 0 Å². The average Bonchev–Trinajstić information content (AvgIpc) is 3.22. The number of morpholine rings is 1. The molecule has 0 bridgehead atoms. The van der Waals surface area contributed by atoms with E-state index in [1.807, 2.05) is 18.7 Å². The predicted octanol–water partition coefficient (Wildman–Crippen LogP) is 6.66. The summed E-state index contributed by atoms with van der Waals surface area (Å²) in [6.45, 7) is 20.2. The van der Waals surface area contributed by atoms with E-state index in [2.05, 4.69) is 41.5 Å². The molecule has 2 aliphatic rings. The Morgan fingerprint density at radius 1 is 1.14 bits per heavy atom. The standard InChI is InChI=1S/C26H41FN2O4.C2H6/c1-19(2)8-7-11-26(5,6)32-18-25(3,4)23-17-29(24(30)33-23)20-9-10-22(21(27)16-20)28-12-14-31-15-13-28;1-2/h9-10,16,19,23H,7-8,11-15,17-18H2,1-6H3;1-2H3. The predicted molar refractivity (Wildman–Crippen MR) is 141 cm³/mol. The van der Waals surface area contributed by atoms with Crippen molar-refractivity contribution in [3.8, 4) is 0 Å². The molecule has 0 N–H and O–H groups in total. The molecule has 2 fully saturated rings. The molecule has 0 radical (unpaired) electrons. The molecule has 1 unspecified atom stereocenters. The van der Waals surface area contributed by atoms with Gasteiger partial charge in [0.2, 0.25) is 0 Å². The van der Waals surface area contributed by atoms with Crippen LogP contribution in [0, 0.1) is 17.2 Å². The molecule has 35 heavy (non-hydrogen) atoms. The minimum absolute atomic E-state index is 0.229. The number of hydrogen-bond donors (Lipinski definition) is 0. The number of halogens is 1. The summed E-state index contributed by atoms with van der Waals surface area (Å²) in [5, 5.41) is 0. The minimum Gasteiger partial charge on any atom is -0.443 e. The Morgan fingerprint density at radius 3 is 2.40 bits per heavy atom. The zero-order valence-corrected chi connectivity index (χ0v) is 23.2. The van der Waals surface area contributed by atoms with Gasteiger partial charge in [-0.1, -0.05) is 54.4 Å². The molecule has 7 heteroatoms. The molecule has 0 saturated carbocycles. The third-order valence-corrected chi connectivity index (χ3v) is 6.67. The van der Waals surface area contributed by atoms with Crippen molar-refractivity contribution in [2.24, 2.45) is 11.3 Å². The Bertz CT molecular complexity index is 806. The van der Waals surface area contributed by atoms with E-state index in [9.17, 15) is 9.18 Å². The highest BCUT2D eigenvalue weighted by molar-refractivity contribution is 5.90. The number of rotatable bonds is 10. The number of hydrogen-bond acceptors (Lipinski definition) is 5. The fourth-order valence-electron chi connectivity index (χ4n) is 4.29. The normalized spacial score (nSPS) is 19.0. The molecule has 2 saturated heterocycles. The van der Waals surface area contributed by atoms with E-state index in [1.165, 1.54) is 17.4 Å². The number of nitrogens with zero attached hydrogens (tertiary/aromatic N) is 2. The summed E-state index contributed by atoms with van der Waals surface area (Å²) in [5.41, 5.74) is 0.459. The molecule has 2 heterocycles. The van der Waals surface area contributed by atoms with Crippen LogP contribution in [0.3, 0.4) is 0 Å². The lowest BCUT2D eigenvalue weighted by atomic mass is 9.86. The van der Waals surface area contributed by atoms with Crippen LogP contribution in [0.2, 0.25) is 0 Å². The van der Waals surface area contributed by atoms with E-state index in [1.54, 1.807) is 12.1 Å². The summed E-state index contributed by atoms with van der Waals surface area (Å²) < 4.78 is 32.2. The smallest absolute Gasteiger partial charge is 0.414 e. The SMILES string of the molecule is CC.CC(C)CCCC(C)(C)OCC(C)(C)C1CN(c2ccc(N3CCOCC3)c(F)c2)C(=O)O1. The maximum absolute atomic E-state index is 14.9. The van der Waals surface area contributed by atoms with Crippen LogP contribution in [0.4, 0.5) is 20.6 Å². The van der Waals surface area contributed by atoms with Crippen LogP contribution in [0.1, 0.15) is 74.7 Å². The highest BCUT2D eigenvalue weighted by Gasteiger charge is 2.43. The van der Waals surface area contributed by atoms with Crippen LogP contribution in [-0.4, -0.2) is 57.3 Å². The van der Waals surface area contributed by atoms with Crippen molar-refractivity contribution in [2.45, 2.75) is 86.4 Å². The van der Waals surface area contributed by atoms with Crippen molar-refractivity contribution in [2.75, 3.05) is 49.3 Å². The number of benzene rings is 1. The fraction of sp³-hybridized carbons (Fsp3) is 0.750. The Morgan fingerprint density at radius 2 is 1.80 bits per heavy atom. The van der Waals surface area contributed by atoms with Crippen molar-refractivity contribution >= 4 is 17.5 Å². The molecule has 1 aromatic carbocycles. The van der Waals surface area contributed by atoms with Crippen molar-refractivity contribution in [1.29, 1.82) is 0 Å². The topological polar surface area (TPSA) is 51.2 Å². The van der Waals surface area contributed by atoms with E-state index >= 15 is 0 Å². The van der Waals surface area contributed by atoms with E-state index < -0.39 is 6.09 Å². The number of ether oxygens (including phenoxy) is 3. The average molecular weight is 495 g/mol. The number of amides is 1. The third kappa shape index (κ3) is 8.35. The van der Waals surface area contributed by atoms with Crippen molar-refractivity contribution in [1.82, 2.24) is 0 Å². The van der Waals surface area contributed by atoms with Crippen LogP contribution in [0.5, 0.6) is 0 Å². The van der Waals surface area contributed by atoms with E-state index in [0.29, 0.717) is 56.7 Å². The minimum atomic E-state index is -0.442. The Kier molecular flexibility index (Phi) is 10.8. The van der Waals surface area contributed by atoms with Crippen molar-refractivity contribution < 1.29 is 23.4 Å². The summed E-state index contributed by atoms with van der Waals surface area (Å²) >= 11 is 0. The monoisotopic (exact) mass is 494 g/mol. The zero-order chi connectivity index (χ0) is 26.2. The first-order valence-corrected chi connectivity index (χ1v) is 13.2. The van der Waals surface area contributed by atoms with Gasteiger partial charge in [0.15, 0.2) is 0 Å². The first-order valence-electron chi connectivity index (χ1n) is 13.2. The van der Waals surface area contributed by atoms with Gasteiger partial charge in [0.1, 0.15) is 11.9 Å². The first kappa shape index (κ1) is 29.4. The second kappa shape index (κ2) is 12.9. The highest BCUT2D eigenvalue weighted by atomic mass is 19.1. The van der Waals surface area contributed by atoms with E-state index in [-0.39, 0.29) is 22.9 Å². The van der Waals surface area contributed by atoms with Gasteiger partial charge in [0, 0.05) is 18.5 Å². The highest BCUT2D eigenvalue weighted by Crippen LogP contribution is 2.35. The van der Waals surface area contributed by atoms with Gasteiger partial charge in [0.25, 0.3) is 0 Å². The molecule has 3 rings (SSSR count). The zero-order valence-electron chi connectivity index (χ0n) is 23.2. The summed E-state index contributed by atoms with van der Waals surface area (Å²) in [6, 6.07) is 4.96. The molecule has 0 aliphatic carbocycles. The molecular weight excluding hydrogens is 447 g/mol. The molecule has 1 atom stereocenters. The maximum atomic E-state index is 14.9. The van der Waals surface area contributed by atoms with Crippen LogP contribution in [0.15, 0.2) is 18.2 Å². The van der Waals surface area contributed by atoms with Crippen LogP contribution < -0.4 is 9.80 Å². The van der Waals surface area contributed by atoms with E-state index in [0.717, 1.165) is 12.8 Å². The van der Waals surface area contributed by atoms with Gasteiger partial charge in [-0.3, -0.25) is 4.90 Å². The fourth-order valence-corrected chi connectivity index (χ4v) is 4.29. The number of carbonyl (C=O) groups excluding carboxylic acids is 1. The number of cyclic esters (lactones) is 1. The van der Waals surface area contributed by atoms with Crippen LogP contribution in [-0.2, 0) is 14.2 Å². The molecule has 200 valence electrons. The number of carbonyl (C=O) groups is 1. The van der Waals surface area contributed by atoms with Gasteiger partial charge in [-0.25, -0.2) is 9.18 Å². The lowest BCUT2D eigenvalue weighted by Gasteiger charge is -2.34. The largest absolute Gasteiger partial charge is 0.443 e. The van der Waals surface area contributed by atoms with E-state index in [4.69, 9.17) is 14.2 Å². The Labute approximate surface area is 212 Å². The first-order chi connectivity index (χ1) is 16.5. The molecule has 0 spiro atoms. The maximum Gasteiger partial charge on any atom is 0.414 e. The van der Waals surface area contributed by atoms with Gasteiger partial charge in [-0.15, -0.1) is 0 Å². The molecule has 6 nitrogen and oxygen atoms in total. The molecule has 1 aromatic rings. The van der Waals surface area contributed by atoms with Gasteiger partial charge >= 0.3 is 6.09 Å². The van der Waals surface area contributed by atoms with Gasteiger partial charge in [-0.05, 0) is 44.4 Å². The lowest BCUT2D eigenvalue weighted by Crippen LogP contribution is -2.40. The van der Waals surface area contributed by atoms with Crippen LogP contribution in [0.25, 0.3) is 0 Å². The van der Waals surface area contributed by atoms with Gasteiger partial charge in [0.05, 0.1) is 43.3 Å². The Balaban J connectivity index is 0.00000210. The molecule has 2 aliphatic heterocycles. The summed E-state index contributed by atoms with van der Waals surface area (Å²) in [6.07, 6.45) is 2.53. The second-order valence-electron chi connectivity index (χ2n) is 11.0. The van der Waals surface area contributed by atoms with Gasteiger partial charge in [-0.2, -0.15) is 0 Å². The molecule has 0 aromatic heterocycles. The van der Waals surface area contributed by atoms with Gasteiger partial charge < -0.3 is 19.1 Å². The number of anilines is 2. The lowest BCUT2D eigenvalue weighted by molar-refractivity contribution is -0.0860. The Hall–Kier alpha value is -1.86. The quantitative estimate of drug-likeness (QED) is 0.364. The summed E-state index contributed by atoms with van der Waals surface area (Å²) in [5.74, 6) is 0.352. The summed E-state index contributed by atoms with van der Waals surface area (Å²) in [4.78, 5) is 16.1. The molecular formula is C28H47FN2O4. The van der Waals surface area contributed by atoms with Crippen molar-refractivity contribution in [3.63, 3.8) is 0 Å².